The van der Waals surface area contributed by atoms with Crippen molar-refractivity contribution in [1.29, 1.82) is 0 Å². The third kappa shape index (κ3) is 1.91. The zero-order chi connectivity index (χ0) is 11.8. The topological polar surface area (TPSA) is 26.3 Å². The lowest BCUT2D eigenvalue weighted by Gasteiger charge is -2.13. The smallest absolute Gasteiger partial charge is 0.191 e. The van der Waals surface area contributed by atoms with E-state index in [2.05, 4.69) is 19.1 Å². The largest absolute Gasteiger partial charge is 0.370 e. The fourth-order valence-electron chi connectivity index (χ4n) is 2.92. The third-order valence-electron chi connectivity index (χ3n) is 4.03. The van der Waals surface area contributed by atoms with Crippen LogP contribution in [0.5, 0.6) is 0 Å². The van der Waals surface area contributed by atoms with Crippen molar-refractivity contribution in [3.8, 4) is 0 Å². The summed E-state index contributed by atoms with van der Waals surface area (Å²) in [6, 6.07) is 6.18. The van der Waals surface area contributed by atoms with Gasteiger partial charge in [0.25, 0.3) is 0 Å². The van der Waals surface area contributed by atoms with Gasteiger partial charge in [-0.1, -0.05) is 19.1 Å². The number of hydrogen-bond acceptors (Lipinski definition) is 2. The van der Waals surface area contributed by atoms with Gasteiger partial charge in [-0.2, -0.15) is 0 Å². The Morgan fingerprint density at radius 1 is 1.29 bits per heavy atom. The van der Waals surface area contributed by atoms with Gasteiger partial charge in [0, 0.05) is 12.2 Å². The van der Waals surface area contributed by atoms with Crippen LogP contribution in [-0.4, -0.2) is 18.5 Å². The summed E-state index contributed by atoms with van der Waals surface area (Å²) in [5.41, 5.74) is 3.62. The van der Waals surface area contributed by atoms with Gasteiger partial charge in [-0.3, -0.25) is 4.79 Å². The molecule has 0 bridgehead atoms. The van der Waals surface area contributed by atoms with E-state index in [1.807, 2.05) is 6.07 Å². The Balaban J connectivity index is 1.86. The number of carbonyl (C=O) groups excluding carboxylic acids is 1. The number of aryl methyl sites for hydroxylation is 2. The molecule has 1 aliphatic heterocycles. The number of ether oxygens (including phenoxy) is 1. The van der Waals surface area contributed by atoms with Crippen molar-refractivity contribution in [2.45, 2.75) is 38.7 Å². The van der Waals surface area contributed by atoms with E-state index >= 15 is 0 Å². The Labute approximate surface area is 102 Å². The van der Waals surface area contributed by atoms with Gasteiger partial charge < -0.3 is 4.74 Å². The van der Waals surface area contributed by atoms with Crippen molar-refractivity contribution in [3.63, 3.8) is 0 Å². The molecule has 1 fully saturated rings. The molecule has 17 heavy (non-hydrogen) atoms. The second-order valence-electron chi connectivity index (χ2n) is 5.26. The Bertz CT molecular complexity index is 450. The van der Waals surface area contributed by atoms with Gasteiger partial charge in [-0.25, -0.2) is 0 Å². The van der Waals surface area contributed by atoms with E-state index in [4.69, 9.17) is 4.74 Å². The number of benzene rings is 1. The molecule has 90 valence electrons. The maximum atomic E-state index is 12.3. The Morgan fingerprint density at radius 2 is 2.12 bits per heavy atom. The number of fused-ring (bicyclic) bond motifs is 1. The van der Waals surface area contributed by atoms with Crippen molar-refractivity contribution in [2.75, 3.05) is 6.61 Å². The van der Waals surface area contributed by atoms with Gasteiger partial charge in [0.15, 0.2) is 5.78 Å². The third-order valence-corrected chi connectivity index (χ3v) is 4.03. The van der Waals surface area contributed by atoms with Crippen LogP contribution in [0.25, 0.3) is 0 Å². The number of hydrogen-bond donors (Lipinski definition) is 0. The van der Waals surface area contributed by atoms with Crippen LogP contribution >= 0.6 is 0 Å². The summed E-state index contributed by atoms with van der Waals surface area (Å²) in [6.45, 7) is 2.82. The maximum absolute atomic E-state index is 12.3. The molecule has 1 aliphatic carbocycles. The highest BCUT2D eigenvalue weighted by atomic mass is 16.5. The van der Waals surface area contributed by atoms with Crippen molar-refractivity contribution in [1.82, 2.24) is 0 Å². The van der Waals surface area contributed by atoms with Gasteiger partial charge in [0.05, 0.1) is 0 Å². The SMILES string of the molecule is CC1CCOC1C(=O)c1ccc2c(c1)CCC2. The molecule has 2 atom stereocenters. The number of rotatable bonds is 2. The first-order valence-electron chi connectivity index (χ1n) is 6.53. The standard InChI is InChI=1S/C15H18O2/c1-10-7-8-17-15(10)14(16)13-6-5-11-3-2-4-12(11)9-13/h5-6,9-10,15H,2-4,7-8H2,1H3. The summed E-state index contributed by atoms with van der Waals surface area (Å²) in [6.07, 6.45) is 4.30. The van der Waals surface area contributed by atoms with Gasteiger partial charge in [-0.15, -0.1) is 0 Å². The number of carbonyl (C=O) groups is 1. The molecule has 0 aromatic heterocycles. The number of ketones is 1. The van der Waals surface area contributed by atoms with Gasteiger partial charge in [-0.05, 0) is 48.8 Å². The van der Waals surface area contributed by atoms with E-state index < -0.39 is 0 Å². The quantitative estimate of drug-likeness (QED) is 0.730. The first-order chi connectivity index (χ1) is 8.25. The summed E-state index contributed by atoms with van der Waals surface area (Å²) in [7, 11) is 0. The van der Waals surface area contributed by atoms with E-state index in [1.54, 1.807) is 0 Å². The summed E-state index contributed by atoms with van der Waals surface area (Å²) in [5, 5.41) is 0. The second-order valence-corrected chi connectivity index (χ2v) is 5.26. The zero-order valence-electron chi connectivity index (χ0n) is 10.2. The molecule has 0 spiro atoms. The van der Waals surface area contributed by atoms with E-state index in [0.29, 0.717) is 5.92 Å². The van der Waals surface area contributed by atoms with Crippen molar-refractivity contribution < 1.29 is 9.53 Å². The minimum absolute atomic E-state index is 0.171. The fraction of sp³-hybridized carbons (Fsp3) is 0.533. The lowest BCUT2D eigenvalue weighted by molar-refractivity contribution is 0.0579. The van der Waals surface area contributed by atoms with Crippen LogP contribution < -0.4 is 0 Å². The second kappa shape index (κ2) is 4.26. The lowest BCUT2D eigenvalue weighted by atomic mass is 9.94. The summed E-state index contributed by atoms with van der Waals surface area (Å²) < 4.78 is 5.55. The van der Waals surface area contributed by atoms with E-state index in [0.717, 1.165) is 25.0 Å². The highest BCUT2D eigenvalue weighted by molar-refractivity contribution is 6.00. The molecule has 1 aromatic rings. The monoisotopic (exact) mass is 230 g/mol. The van der Waals surface area contributed by atoms with E-state index in [1.165, 1.54) is 24.0 Å². The molecule has 2 heteroatoms. The molecule has 0 amide bonds. The Morgan fingerprint density at radius 3 is 2.88 bits per heavy atom. The van der Waals surface area contributed by atoms with Crippen LogP contribution in [0.1, 0.15) is 41.3 Å². The summed E-state index contributed by atoms with van der Waals surface area (Å²) in [5.74, 6) is 0.528. The summed E-state index contributed by atoms with van der Waals surface area (Å²) in [4.78, 5) is 12.3. The minimum Gasteiger partial charge on any atom is -0.370 e. The highest BCUT2D eigenvalue weighted by Gasteiger charge is 2.31. The Kier molecular flexibility index (Phi) is 2.75. The minimum atomic E-state index is -0.213. The van der Waals surface area contributed by atoms with Gasteiger partial charge in [0.2, 0.25) is 0 Å². The van der Waals surface area contributed by atoms with Crippen LogP contribution in [0.4, 0.5) is 0 Å². The Hall–Kier alpha value is -1.15. The average Bonchev–Trinajstić information content (AvgIpc) is 2.95. The van der Waals surface area contributed by atoms with Crippen LogP contribution in [0.15, 0.2) is 18.2 Å². The average molecular weight is 230 g/mol. The van der Waals surface area contributed by atoms with Gasteiger partial charge in [0.1, 0.15) is 6.10 Å². The molecule has 1 saturated heterocycles. The molecule has 0 N–H and O–H groups in total. The van der Waals surface area contributed by atoms with Crippen LogP contribution in [0.2, 0.25) is 0 Å². The molecular weight excluding hydrogens is 212 g/mol. The molecule has 2 unspecified atom stereocenters. The first kappa shape index (κ1) is 11.0. The first-order valence-corrected chi connectivity index (χ1v) is 6.53. The van der Waals surface area contributed by atoms with Crippen molar-refractivity contribution in [3.05, 3.63) is 34.9 Å². The predicted octanol–water partition coefficient (Wildman–Crippen LogP) is 2.78. The van der Waals surface area contributed by atoms with Crippen LogP contribution in [-0.2, 0) is 17.6 Å². The molecule has 1 aromatic carbocycles. The van der Waals surface area contributed by atoms with Gasteiger partial charge >= 0.3 is 0 Å². The summed E-state index contributed by atoms with van der Waals surface area (Å²) >= 11 is 0. The van der Waals surface area contributed by atoms with Crippen molar-refractivity contribution in [2.24, 2.45) is 5.92 Å². The molecule has 3 rings (SSSR count). The number of Topliss-reactive ketones (excluding diaryl/α,β-unsaturated/α-hetero) is 1. The molecule has 0 radical (unpaired) electrons. The van der Waals surface area contributed by atoms with E-state index in [-0.39, 0.29) is 11.9 Å². The molecule has 2 aliphatic rings. The maximum Gasteiger partial charge on any atom is 0.191 e. The van der Waals surface area contributed by atoms with Crippen molar-refractivity contribution >= 4 is 5.78 Å². The fourth-order valence-corrected chi connectivity index (χ4v) is 2.92. The normalized spacial score (nSPS) is 27.1. The van der Waals surface area contributed by atoms with E-state index in [9.17, 15) is 4.79 Å². The van der Waals surface area contributed by atoms with Crippen LogP contribution in [0, 0.1) is 5.92 Å². The zero-order valence-corrected chi connectivity index (χ0v) is 10.2. The molecule has 0 saturated carbocycles. The molecule has 2 nitrogen and oxygen atoms in total. The highest BCUT2D eigenvalue weighted by Crippen LogP contribution is 2.27. The van der Waals surface area contributed by atoms with Crippen LogP contribution in [0.3, 0.4) is 0 Å². The predicted molar refractivity (Wildman–Crippen MR) is 66.3 cm³/mol. The molecule has 1 heterocycles. The molecular formula is C15H18O2. The lowest BCUT2D eigenvalue weighted by Crippen LogP contribution is -2.25.